The van der Waals surface area contributed by atoms with Crippen LogP contribution in [0.2, 0.25) is 0 Å². The van der Waals surface area contributed by atoms with Crippen LogP contribution in [0.15, 0.2) is 12.2 Å². The van der Waals surface area contributed by atoms with E-state index in [0.29, 0.717) is 6.42 Å². The lowest BCUT2D eigenvalue weighted by molar-refractivity contribution is -0.155. The molecule has 0 rings (SSSR count). The molecule has 10 amide bonds. The van der Waals surface area contributed by atoms with Crippen LogP contribution >= 0.6 is 0 Å². The van der Waals surface area contributed by atoms with Crippen LogP contribution in [-0.2, 0) is 52.7 Å². The second-order valence-electron chi connectivity index (χ2n) is 27.3. The molecule has 0 saturated carbocycles. The van der Waals surface area contributed by atoms with E-state index in [9.17, 15) is 68.1 Å². The molecule has 14 atom stereocenters. The van der Waals surface area contributed by atoms with E-state index in [-0.39, 0.29) is 61.7 Å². The zero-order valence-corrected chi connectivity index (χ0v) is 58.3. The number of carbonyl (C=O) groups excluding carboxylic acids is 10. The minimum Gasteiger partial charge on any atom is -0.480 e. The van der Waals surface area contributed by atoms with Crippen LogP contribution in [0.4, 0.5) is 4.79 Å². The quantitative estimate of drug-likeness (QED) is 0.0405. The number of aliphatic carboxylic acids is 1. The highest BCUT2D eigenvalue weighted by Gasteiger charge is 2.45. The lowest BCUT2D eigenvalue weighted by Gasteiger charge is -2.40. The van der Waals surface area contributed by atoms with Crippen LogP contribution in [0.5, 0.6) is 0 Å². The number of aliphatic hydroxyl groups is 2. The standard InChI is InChI=1S/C64H116N10O15/c1-26-28-29-40(14)52(76)51(57(81)69-48(43(17)75)62(86)87)73(24)61(85)49(38(11)12)72(23)60(84)45(31-35(5)6)67-55(79)47(33-37(9)10)70(21)58(82)42(16)66-53(77)41(15)65-54(78)46(32-36(7)8)71(22)59(83)44(30-34(3)4)68-56(80)50(39(13)27-2)74(25)63(88)89-64(18,19)20/h26,28,34-52,75-76H,27,29-33H2,1-25H3,(H,65,78)(H,66,77)(H,67,79)(H,68,80)(H,69,81)(H,86,87)/t39?,40-,41+,42-,43-,44+,45+,46+,47+,48+,49+,50+,51+,52-/m1/s1. The monoisotopic (exact) mass is 1260 g/mol. The Kier molecular flexibility index (Phi) is 35.0. The summed E-state index contributed by atoms with van der Waals surface area (Å²) in [4.78, 5) is 160. The van der Waals surface area contributed by atoms with Crippen LogP contribution in [0, 0.1) is 41.4 Å². The molecule has 0 heterocycles. The van der Waals surface area contributed by atoms with Crippen LogP contribution < -0.4 is 26.6 Å². The largest absolute Gasteiger partial charge is 0.480 e. The molecule has 0 aromatic heterocycles. The third-order valence-corrected chi connectivity index (χ3v) is 15.7. The molecular formula is C64H116N10O15. The van der Waals surface area contributed by atoms with Crippen molar-refractivity contribution in [3.05, 3.63) is 12.2 Å². The van der Waals surface area contributed by atoms with Crippen LogP contribution in [0.25, 0.3) is 0 Å². The Morgan fingerprint density at radius 1 is 0.472 bits per heavy atom. The summed E-state index contributed by atoms with van der Waals surface area (Å²) in [7, 11) is 6.94. The third kappa shape index (κ3) is 26.2. The van der Waals surface area contributed by atoms with Gasteiger partial charge in [-0.05, 0) is 122 Å². The molecule has 1 unspecified atom stereocenters. The molecule has 0 aliphatic heterocycles. The Labute approximate surface area is 531 Å². The van der Waals surface area contributed by atoms with Gasteiger partial charge in [0.2, 0.25) is 53.2 Å². The van der Waals surface area contributed by atoms with Crippen LogP contribution in [0.1, 0.15) is 177 Å². The Balaban J connectivity index is 6.87. The molecule has 0 radical (unpaired) electrons. The first-order valence-electron chi connectivity index (χ1n) is 31.6. The molecule has 0 aliphatic rings. The summed E-state index contributed by atoms with van der Waals surface area (Å²) in [6.45, 7) is 34.4. The number of rotatable bonds is 36. The molecular weight excluding hydrogens is 1150 g/mol. The van der Waals surface area contributed by atoms with E-state index < -0.39 is 155 Å². The van der Waals surface area contributed by atoms with Gasteiger partial charge in [-0.2, -0.15) is 0 Å². The minimum atomic E-state index is -1.78. The number of hydrogen-bond donors (Lipinski definition) is 8. The van der Waals surface area contributed by atoms with Gasteiger partial charge in [0, 0.05) is 35.2 Å². The van der Waals surface area contributed by atoms with Gasteiger partial charge in [-0.15, -0.1) is 0 Å². The summed E-state index contributed by atoms with van der Waals surface area (Å²) in [5, 5.41) is 44.9. The zero-order valence-electron chi connectivity index (χ0n) is 58.3. The molecule has 0 bridgehead atoms. The van der Waals surface area contributed by atoms with Crippen molar-refractivity contribution in [1.82, 2.24) is 51.1 Å². The fourth-order valence-electron chi connectivity index (χ4n) is 10.4. The highest BCUT2D eigenvalue weighted by atomic mass is 16.6. The molecule has 0 aliphatic carbocycles. The number of nitrogens with zero attached hydrogens (tertiary/aromatic N) is 5. The zero-order chi connectivity index (χ0) is 69.6. The second-order valence-corrected chi connectivity index (χ2v) is 27.3. The number of nitrogens with one attached hydrogen (secondary N) is 5. The molecule has 0 saturated heterocycles. The number of hydrogen-bond acceptors (Lipinski definition) is 14. The van der Waals surface area contributed by atoms with Crippen molar-refractivity contribution in [2.45, 2.75) is 255 Å². The number of carbonyl (C=O) groups is 11. The van der Waals surface area contributed by atoms with Crippen molar-refractivity contribution >= 4 is 65.2 Å². The Morgan fingerprint density at radius 3 is 1.28 bits per heavy atom. The van der Waals surface area contributed by atoms with Gasteiger partial charge >= 0.3 is 12.1 Å². The SMILES string of the molecule is CC=CC[C@@H](C)[C@@H](O)[C@@H](C(=O)N[C@H](C(=O)O)[C@@H](C)O)N(C)C(=O)[C@H](C(C)C)N(C)C(=O)[C@H](CC(C)C)NC(=O)[C@H](CC(C)C)N(C)C(=O)[C@@H](C)NC(=O)[C@H](C)NC(=O)[C@H](CC(C)C)N(C)C(=O)[C@H](CC(C)C)NC(=O)[C@H](C(C)CC)N(C)C(=O)OC(C)(C)C. The number of carboxylic acids is 1. The molecule has 0 aromatic rings. The number of amides is 10. The summed E-state index contributed by atoms with van der Waals surface area (Å²) in [5.41, 5.74) is -0.832. The van der Waals surface area contributed by atoms with E-state index in [1.54, 1.807) is 60.6 Å². The van der Waals surface area contributed by atoms with Crippen molar-refractivity contribution < 1.29 is 72.8 Å². The summed E-state index contributed by atoms with van der Waals surface area (Å²) in [5.74, 6) is -10.2. The Morgan fingerprint density at radius 2 is 0.876 bits per heavy atom. The van der Waals surface area contributed by atoms with E-state index in [1.165, 1.54) is 70.7 Å². The number of likely N-dealkylation sites (N-methyl/N-ethyl adjacent to an activating group) is 5. The Hall–Kier alpha value is -6.37. The van der Waals surface area contributed by atoms with Crippen molar-refractivity contribution in [2.24, 2.45) is 41.4 Å². The average Bonchev–Trinajstić information content (AvgIpc) is 2.54. The topological polar surface area (TPSA) is 334 Å². The van der Waals surface area contributed by atoms with Gasteiger partial charge in [-0.25, -0.2) is 9.59 Å². The molecule has 8 N–H and O–H groups in total. The van der Waals surface area contributed by atoms with Crippen molar-refractivity contribution in [3.63, 3.8) is 0 Å². The number of carboxylic acid groups (broad SMARTS) is 1. The molecule has 89 heavy (non-hydrogen) atoms. The van der Waals surface area contributed by atoms with E-state index in [1.807, 2.05) is 69.2 Å². The number of aliphatic hydroxyl groups excluding tert-OH is 2. The van der Waals surface area contributed by atoms with E-state index in [0.717, 1.165) is 9.80 Å². The summed E-state index contributed by atoms with van der Waals surface area (Å²) < 4.78 is 5.57. The molecule has 25 nitrogen and oxygen atoms in total. The molecule has 0 fully saturated rings. The summed E-state index contributed by atoms with van der Waals surface area (Å²) >= 11 is 0. The van der Waals surface area contributed by atoms with E-state index >= 15 is 0 Å². The van der Waals surface area contributed by atoms with E-state index in [4.69, 9.17) is 4.74 Å². The second kappa shape index (κ2) is 37.7. The predicted octanol–water partition coefficient (Wildman–Crippen LogP) is 4.31. The molecule has 25 heteroatoms. The highest BCUT2D eigenvalue weighted by molar-refractivity contribution is 5.98. The summed E-state index contributed by atoms with van der Waals surface area (Å²) in [6.07, 6.45) is 1.07. The van der Waals surface area contributed by atoms with Crippen LogP contribution in [0.3, 0.4) is 0 Å². The maximum Gasteiger partial charge on any atom is 0.410 e. The maximum absolute atomic E-state index is 14.8. The number of allylic oxidation sites excluding steroid dienone is 2. The third-order valence-electron chi connectivity index (χ3n) is 15.7. The van der Waals surface area contributed by atoms with Gasteiger partial charge < -0.3 is 66.2 Å². The molecule has 0 aromatic carbocycles. The first-order chi connectivity index (χ1) is 40.8. The predicted molar refractivity (Wildman–Crippen MR) is 341 cm³/mol. The lowest BCUT2D eigenvalue weighted by atomic mass is 9.91. The van der Waals surface area contributed by atoms with Gasteiger partial charge in [0.05, 0.1) is 12.2 Å². The smallest absolute Gasteiger partial charge is 0.410 e. The molecule has 0 spiro atoms. The summed E-state index contributed by atoms with van der Waals surface area (Å²) in [6, 6.07) is -12.9. The number of ether oxygens (including phenoxy) is 1. The lowest BCUT2D eigenvalue weighted by Crippen LogP contribution is -2.63. The van der Waals surface area contributed by atoms with Gasteiger partial charge in [-0.3, -0.25) is 48.1 Å². The van der Waals surface area contributed by atoms with Crippen LogP contribution in [-0.4, -0.2) is 219 Å². The van der Waals surface area contributed by atoms with Gasteiger partial charge in [0.25, 0.3) is 0 Å². The van der Waals surface area contributed by atoms with Gasteiger partial charge in [-0.1, -0.05) is 109 Å². The highest BCUT2D eigenvalue weighted by Crippen LogP contribution is 2.25. The normalized spacial score (nSPS) is 16.7. The fraction of sp³-hybridized carbons (Fsp3) is 0.797. The van der Waals surface area contributed by atoms with Gasteiger partial charge in [0.15, 0.2) is 6.04 Å². The Bertz CT molecular complexity index is 2390. The molecule has 512 valence electrons. The first-order valence-corrected chi connectivity index (χ1v) is 31.6. The van der Waals surface area contributed by atoms with Crippen molar-refractivity contribution in [2.75, 3.05) is 35.2 Å². The van der Waals surface area contributed by atoms with Crippen molar-refractivity contribution in [3.8, 4) is 0 Å². The first kappa shape index (κ1) is 82.6. The maximum atomic E-state index is 14.8. The van der Waals surface area contributed by atoms with Gasteiger partial charge in [0.1, 0.15) is 60.0 Å². The minimum absolute atomic E-state index is 0.0824. The van der Waals surface area contributed by atoms with Crippen molar-refractivity contribution in [1.29, 1.82) is 0 Å². The van der Waals surface area contributed by atoms with E-state index in [2.05, 4.69) is 26.6 Å². The average molecular weight is 1270 g/mol. The fourth-order valence-corrected chi connectivity index (χ4v) is 10.4.